The number of rotatable bonds is 5. The second-order valence-electron chi connectivity index (χ2n) is 4.14. The maximum absolute atomic E-state index is 11.9. The number of benzene rings is 1. The highest BCUT2D eigenvalue weighted by molar-refractivity contribution is 5.98. The Morgan fingerprint density at radius 1 is 1.38 bits per heavy atom. The third kappa shape index (κ3) is 4.95. The normalized spacial score (nSPS) is 11.2. The Labute approximate surface area is 117 Å². The smallest absolute Gasteiger partial charge is 0.411 e. The molecule has 6 nitrogen and oxygen atoms in total. The summed E-state index contributed by atoms with van der Waals surface area (Å²) in [7, 11) is 1.30. The van der Waals surface area contributed by atoms with Crippen molar-refractivity contribution in [2.24, 2.45) is 0 Å². The van der Waals surface area contributed by atoms with Crippen LogP contribution < -0.4 is 10.6 Å². The highest BCUT2D eigenvalue weighted by atomic mass is 19.4. The van der Waals surface area contributed by atoms with E-state index in [0.29, 0.717) is 0 Å². The van der Waals surface area contributed by atoms with Gasteiger partial charge in [-0.05, 0) is 18.2 Å². The van der Waals surface area contributed by atoms with Crippen molar-refractivity contribution in [3.05, 3.63) is 23.8 Å². The van der Waals surface area contributed by atoms with Gasteiger partial charge < -0.3 is 20.5 Å². The Bertz CT molecular complexity index is 546. The third-order valence-corrected chi connectivity index (χ3v) is 2.50. The van der Waals surface area contributed by atoms with E-state index in [0.717, 1.165) is 11.0 Å². The van der Waals surface area contributed by atoms with Crippen LogP contribution >= 0.6 is 0 Å². The van der Waals surface area contributed by atoms with Crippen LogP contribution in [0.1, 0.15) is 10.4 Å². The minimum absolute atomic E-state index is 0.0153. The molecule has 3 N–H and O–H groups in total. The number of hydrogen-bond donors (Lipinski definition) is 2. The number of carbonyl (C=O) groups is 2. The van der Waals surface area contributed by atoms with E-state index in [2.05, 4.69) is 4.74 Å². The van der Waals surface area contributed by atoms with Crippen LogP contribution in [-0.4, -0.2) is 43.4 Å². The van der Waals surface area contributed by atoms with Gasteiger partial charge in [-0.15, -0.1) is 0 Å². The molecule has 0 fully saturated rings. The van der Waals surface area contributed by atoms with Gasteiger partial charge in [0.25, 0.3) is 5.91 Å². The lowest BCUT2D eigenvalue weighted by atomic mass is 10.1. The SMILES string of the molecule is CN(C(=O)COCC(F)(F)F)c1ccc(C(=O)O)cc1N. The van der Waals surface area contributed by atoms with Gasteiger partial charge in [-0.25, -0.2) is 4.79 Å². The number of carbonyl (C=O) groups excluding carboxylic acids is 1. The van der Waals surface area contributed by atoms with E-state index in [1.165, 1.54) is 19.2 Å². The molecule has 0 aliphatic rings. The van der Waals surface area contributed by atoms with Gasteiger partial charge in [0, 0.05) is 7.05 Å². The third-order valence-electron chi connectivity index (χ3n) is 2.50. The number of carboxylic acid groups (broad SMARTS) is 1. The Kier molecular flexibility index (Phi) is 5.14. The Balaban J connectivity index is 2.72. The summed E-state index contributed by atoms with van der Waals surface area (Å²) in [6.07, 6.45) is -4.51. The molecule has 0 bridgehead atoms. The zero-order valence-corrected chi connectivity index (χ0v) is 11.0. The van der Waals surface area contributed by atoms with E-state index in [1.807, 2.05) is 0 Å². The van der Waals surface area contributed by atoms with E-state index in [4.69, 9.17) is 10.8 Å². The Morgan fingerprint density at radius 3 is 2.48 bits per heavy atom. The first-order chi connectivity index (χ1) is 9.61. The molecule has 1 aromatic carbocycles. The maximum atomic E-state index is 11.9. The van der Waals surface area contributed by atoms with E-state index in [1.54, 1.807) is 0 Å². The zero-order chi connectivity index (χ0) is 16.2. The van der Waals surface area contributed by atoms with Crippen molar-refractivity contribution >= 4 is 23.3 Å². The molecule has 0 heterocycles. The van der Waals surface area contributed by atoms with Crippen molar-refractivity contribution in [2.45, 2.75) is 6.18 Å². The van der Waals surface area contributed by atoms with Gasteiger partial charge in [0.15, 0.2) is 0 Å². The number of likely N-dealkylation sites (N-methyl/N-ethyl adjacent to an activating group) is 1. The molecule has 0 aromatic heterocycles. The largest absolute Gasteiger partial charge is 0.478 e. The van der Waals surface area contributed by atoms with Crippen LogP contribution in [-0.2, 0) is 9.53 Å². The molecule has 1 rings (SSSR count). The molecule has 0 aliphatic heterocycles. The number of halogens is 3. The number of nitrogen functional groups attached to an aromatic ring is 1. The van der Waals surface area contributed by atoms with Crippen LogP contribution in [0.5, 0.6) is 0 Å². The maximum Gasteiger partial charge on any atom is 0.411 e. The van der Waals surface area contributed by atoms with Crippen LogP contribution in [0.15, 0.2) is 18.2 Å². The van der Waals surface area contributed by atoms with Gasteiger partial charge in [-0.2, -0.15) is 13.2 Å². The number of aromatic carboxylic acids is 1. The number of carboxylic acids is 1. The topological polar surface area (TPSA) is 92.9 Å². The van der Waals surface area contributed by atoms with E-state index < -0.39 is 31.3 Å². The predicted molar refractivity (Wildman–Crippen MR) is 68.1 cm³/mol. The summed E-state index contributed by atoms with van der Waals surface area (Å²) in [6.45, 7) is -2.30. The van der Waals surface area contributed by atoms with Crippen LogP contribution in [0.25, 0.3) is 0 Å². The summed E-state index contributed by atoms with van der Waals surface area (Å²) in [4.78, 5) is 23.4. The molecule has 0 saturated heterocycles. The standard InChI is InChI=1S/C12H13F3N2O4/c1-17(10(18)5-21-6-12(13,14)15)9-3-2-7(11(19)20)4-8(9)16/h2-4H,5-6,16H2,1H3,(H,19,20). The number of anilines is 2. The summed E-state index contributed by atoms with van der Waals surface area (Å²) in [6, 6.07) is 3.67. The minimum atomic E-state index is -4.51. The lowest BCUT2D eigenvalue weighted by Crippen LogP contribution is -2.32. The molecule has 0 unspecified atom stereocenters. The number of ether oxygens (including phenoxy) is 1. The van der Waals surface area contributed by atoms with Crippen LogP contribution in [0.4, 0.5) is 24.5 Å². The van der Waals surface area contributed by atoms with E-state index >= 15 is 0 Å². The molecule has 9 heteroatoms. The van der Waals surface area contributed by atoms with Crippen molar-refractivity contribution in [2.75, 3.05) is 30.9 Å². The number of amides is 1. The minimum Gasteiger partial charge on any atom is -0.478 e. The molecule has 0 atom stereocenters. The van der Waals surface area contributed by atoms with Gasteiger partial charge in [0.05, 0.1) is 16.9 Å². The predicted octanol–water partition coefficient (Wildman–Crippen LogP) is 1.51. The van der Waals surface area contributed by atoms with E-state index in [9.17, 15) is 22.8 Å². The average Bonchev–Trinajstić information content (AvgIpc) is 2.36. The highest BCUT2D eigenvalue weighted by Gasteiger charge is 2.28. The molecular weight excluding hydrogens is 293 g/mol. The van der Waals surface area contributed by atoms with Gasteiger partial charge in [0.2, 0.25) is 0 Å². The van der Waals surface area contributed by atoms with Gasteiger partial charge >= 0.3 is 12.1 Å². The second kappa shape index (κ2) is 6.44. The van der Waals surface area contributed by atoms with Crippen molar-refractivity contribution < 1.29 is 32.6 Å². The molecular formula is C12H13F3N2O4. The number of nitrogens with two attached hydrogens (primary N) is 1. The molecule has 1 aromatic rings. The summed E-state index contributed by atoms with van der Waals surface area (Å²) in [5.74, 6) is -1.93. The highest BCUT2D eigenvalue weighted by Crippen LogP contribution is 2.23. The lowest BCUT2D eigenvalue weighted by Gasteiger charge is -2.19. The second-order valence-corrected chi connectivity index (χ2v) is 4.14. The summed E-state index contributed by atoms with van der Waals surface area (Å²) < 4.78 is 39.9. The first kappa shape index (κ1) is 16.8. The van der Waals surface area contributed by atoms with Crippen LogP contribution in [0, 0.1) is 0 Å². The van der Waals surface area contributed by atoms with Gasteiger partial charge in [0.1, 0.15) is 13.2 Å². The van der Waals surface area contributed by atoms with Crippen molar-refractivity contribution in [1.82, 2.24) is 0 Å². The fourth-order valence-corrected chi connectivity index (χ4v) is 1.48. The van der Waals surface area contributed by atoms with Crippen LogP contribution in [0.3, 0.4) is 0 Å². The summed E-state index contributed by atoms with van der Waals surface area (Å²) in [5.41, 5.74) is 5.75. The molecule has 1 amide bonds. The molecule has 0 aliphatic carbocycles. The molecule has 0 radical (unpaired) electrons. The van der Waals surface area contributed by atoms with Crippen molar-refractivity contribution in [3.63, 3.8) is 0 Å². The number of nitrogens with zero attached hydrogens (tertiary/aromatic N) is 1. The van der Waals surface area contributed by atoms with Gasteiger partial charge in [-0.3, -0.25) is 4.79 Å². The van der Waals surface area contributed by atoms with E-state index in [-0.39, 0.29) is 16.9 Å². The molecule has 116 valence electrons. The Morgan fingerprint density at radius 2 is 2.00 bits per heavy atom. The summed E-state index contributed by atoms with van der Waals surface area (Å²) >= 11 is 0. The fourth-order valence-electron chi connectivity index (χ4n) is 1.48. The molecule has 0 saturated carbocycles. The first-order valence-corrected chi connectivity index (χ1v) is 5.65. The fraction of sp³-hybridized carbons (Fsp3) is 0.333. The average molecular weight is 306 g/mol. The van der Waals surface area contributed by atoms with Crippen molar-refractivity contribution in [3.8, 4) is 0 Å². The molecule has 21 heavy (non-hydrogen) atoms. The monoisotopic (exact) mass is 306 g/mol. The summed E-state index contributed by atoms with van der Waals surface area (Å²) in [5, 5.41) is 8.78. The Hall–Kier alpha value is -2.29. The van der Waals surface area contributed by atoms with Crippen molar-refractivity contribution in [1.29, 1.82) is 0 Å². The quantitative estimate of drug-likeness (QED) is 0.804. The first-order valence-electron chi connectivity index (χ1n) is 5.65. The van der Waals surface area contributed by atoms with Crippen LogP contribution in [0.2, 0.25) is 0 Å². The molecule has 0 spiro atoms. The lowest BCUT2D eigenvalue weighted by molar-refractivity contribution is -0.175. The number of hydrogen-bond acceptors (Lipinski definition) is 4. The zero-order valence-electron chi connectivity index (χ0n) is 11.0. The number of alkyl halides is 3. The van der Waals surface area contributed by atoms with Gasteiger partial charge in [-0.1, -0.05) is 0 Å².